The fourth-order valence-electron chi connectivity index (χ4n) is 1.69. The van der Waals surface area contributed by atoms with Crippen LogP contribution >= 0.6 is 0 Å². The van der Waals surface area contributed by atoms with Gasteiger partial charge in [-0.2, -0.15) is 0 Å². The molecular formula is C12H25NO. The van der Waals surface area contributed by atoms with Crippen molar-refractivity contribution in [2.24, 2.45) is 11.1 Å². The third-order valence-electron chi connectivity index (χ3n) is 2.75. The zero-order valence-corrected chi connectivity index (χ0v) is 10.1. The molecule has 0 amide bonds. The second-order valence-corrected chi connectivity index (χ2v) is 5.04. The summed E-state index contributed by atoms with van der Waals surface area (Å²) in [4.78, 5) is 11.0. The SMILES string of the molecule is CCCCCC(C)(C)CC(N)C(C)=O. The minimum Gasteiger partial charge on any atom is -0.322 e. The van der Waals surface area contributed by atoms with Crippen molar-refractivity contribution in [2.45, 2.75) is 65.8 Å². The molecule has 0 radical (unpaired) electrons. The van der Waals surface area contributed by atoms with E-state index in [1.807, 2.05) is 0 Å². The van der Waals surface area contributed by atoms with Gasteiger partial charge in [-0.15, -0.1) is 0 Å². The molecule has 0 aromatic carbocycles. The first-order valence-electron chi connectivity index (χ1n) is 5.65. The highest BCUT2D eigenvalue weighted by molar-refractivity contribution is 5.81. The molecular weight excluding hydrogens is 174 g/mol. The van der Waals surface area contributed by atoms with Crippen LogP contribution in [0.5, 0.6) is 0 Å². The Bertz CT molecular complexity index is 175. The Morgan fingerprint density at radius 1 is 1.36 bits per heavy atom. The zero-order valence-electron chi connectivity index (χ0n) is 10.1. The number of unbranched alkanes of at least 4 members (excludes halogenated alkanes) is 2. The van der Waals surface area contributed by atoms with Crippen LogP contribution in [-0.2, 0) is 4.79 Å². The summed E-state index contributed by atoms with van der Waals surface area (Å²) in [5.41, 5.74) is 5.97. The third kappa shape index (κ3) is 6.14. The largest absolute Gasteiger partial charge is 0.322 e. The number of rotatable bonds is 7. The Labute approximate surface area is 88.3 Å². The highest BCUT2D eigenvalue weighted by Gasteiger charge is 2.22. The molecule has 0 spiro atoms. The number of carbonyl (C=O) groups is 1. The summed E-state index contributed by atoms with van der Waals surface area (Å²) in [6.45, 7) is 8.18. The van der Waals surface area contributed by atoms with Crippen LogP contribution < -0.4 is 5.73 Å². The van der Waals surface area contributed by atoms with Crippen molar-refractivity contribution in [3.8, 4) is 0 Å². The van der Waals surface area contributed by atoms with E-state index in [4.69, 9.17) is 5.73 Å². The fourth-order valence-corrected chi connectivity index (χ4v) is 1.69. The summed E-state index contributed by atoms with van der Waals surface area (Å²) in [5, 5.41) is 0. The first-order chi connectivity index (χ1) is 6.39. The molecule has 0 rings (SSSR count). The van der Waals surface area contributed by atoms with Crippen molar-refractivity contribution in [1.29, 1.82) is 0 Å². The molecule has 0 saturated heterocycles. The molecule has 0 saturated carbocycles. The number of Topliss-reactive ketones (excluding diaryl/α,β-unsaturated/α-hetero) is 1. The van der Waals surface area contributed by atoms with Crippen LogP contribution in [0, 0.1) is 5.41 Å². The van der Waals surface area contributed by atoms with Crippen molar-refractivity contribution in [1.82, 2.24) is 0 Å². The molecule has 2 nitrogen and oxygen atoms in total. The first-order valence-corrected chi connectivity index (χ1v) is 5.65. The standard InChI is InChI=1S/C12H25NO/c1-5-6-7-8-12(3,4)9-11(13)10(2)14/h11H,5-9,13H2,1-4H3. The summed E-state index contributed by atoms with van der Waals surface area (Å²) >= 11 is 0. The van der Waals surface area contributed by atoms with Gasteiger partial charge < -0.3 is 5.73 Å². The summed E-state index contributed by atoms with van der Waals surface area (Å²) in [6.07, 6.45) is 5.75. The smallest absolute Gasteiger partial charge is 0.146 e. The van der Waals surface area contributed by atoms with Crippen LogP contribution in [0.3, 0.4) is 0 Å². The second-order valence-electron chi connectivity index (χ2n) is 5.04. The van der Waals surface area contributed by atoms with Crippen molar-refractivity contribution in [3.63, 3.8) is 0 Å². The number of hydrogen-bond acceptors (Lipinski definition) is 2. The minimum absolute atomic E-state index is 0.105. The van der Waals surface area contributed by atoms with Gasteiger partial charge in [0.2, 0.25) is 0 Å². The van der Waals surface area contributed by atoms with Gasteiger partial charge in [0, 0.05) is 0 Å². The van der Waals surface area contributed by atoms with E-state index in [1.165, 1.54) is 25.7 Å². The molecule has 0 bridgehead atoms. The third-order valence-corrected chi connectivity index (χ3v) is 2.75. The van der Waals surface area contributed by atoms with Crippen LogP contribution in [0.25, 0.3) is 0 Å². The lowest BCUT2D eigenvalue weighted by Crippen LogP contribution is -2.33. The maximum Gasteiger partial charge on any atom is 0.146 e. The van der Waals surface area contributed by atoms with Gasteiger partial charge in [-0.05, 0) is 25.2 Å². The van der Waals surface area contributed by atoms with E-state index in [0.717, 1.165) is 6.42 Å². The molecule has 0 fully saturated rings. The van der Waals surface area contributed by atoms with Gasteiger partial charge in [-0.25, -0.2) is 0 Å². The molecule has 84 valence electrons. The van der Waals surface area contributed by atoms with E-state index in [0.29, 0.717) is 0 Å². The lowest BCUT2D eigenvalue weighted by Gasteiger charge is -2.26. The van der Waals surface area contributed by atoms with E-state index in [2.05, 4.69) is 20.8 Å². The van der Waals surface area contributed by atoms with Crippen LogP contribution in [0.15, 0.2) is 0 Å². The van der Waals surface area contributed by atoms with E-state index in [1.54, 1.807) is 6.92 Å². The van der Waals surface area contributed by atoms with E-state index >= 15 is 0 Å². The van der Waals surface area contributed by atoms with Gasteiger partial charge in [-0.1, -0.05) is 40.0 Å². The quantitative estimate of drug-likeness (QED) is 0.641. The van der Waals surface area contributed by atoms with Gasteiger partial charge >= 0.3 is 0 Å². The minimum atomic E-state index is -0.272. The van der Waals surface area contributed by atoms with Gasteiger partial charge in [0.15, 0.2) is 0 Å². The van der Waals surface area contributed by atoms with Gasteiger partial charge in [0.25, 0.3) is 0 Å². The topological polar surface area (TPSA) is 43.1 Å². The molecule has 2 N–H and O–H groups in total. The molecule has 1 atom stereocenters. The molecule has 0 aliphatic rings. The summed E-state index contributed by atoms with van der Waals surface area (Å²) in [5.74, 6) is 0.105. The highest BCUT2D eigenvalue weighted by atomic mass is 16.1. The van der Waals surface area contributed by atoms with Crippen molar-refractivity contribution in [3.05, 3.63) is 0 Å². The maximum absolute atomic E-state index is 11.0. The average molecular weight is 199 g/mol. The monoisotopic (exact) mass is 199 g/mol. The van der Waals surface area contributed by atoms with Crippen molar-refractivity contribution >= 4 is 5.78 Å². The second kappa shape index (κ2) is 6.18. The molecule has 0 heterocycles. The molecule has 0 aromatic heterocycles. The van der Waals surface area contributed by atoms with Crippen LogP contribution in [0.2, 0.25) is 0 Å². The lowest BCUT2D eigenvalue weighted by molar-refractivity contribution is -0.118. The predicted molar refractivity (Wildman–Crippen MR) is 61.2 cm³/mol. The summed E-state index contributed by atoms with van der Waals surface area (Å²) < 4.78 is 0. The first kappa shape index (κ1) is 13.6. The molecule has 14 heavy (non-hydrogen) atoms. The van der Waals surface area contributed by atoms with Crippen LogP contribution in [0.1, 0.15) is 59.8 Å². The summed E-state index contributed by atoms with van der Waals surface area (Å²) in [6, 6.07) is -0.272. The van der Waals surface area contributed by atoms with Gasteiger partial charge in [0.1, 0.15) is 5.78 Å². The normalized spacial score (nSPS) is 14.1. The van der Waals surface area contributed by atoms with Gasteiger partial charge in [0.05, 0.1) is 6.04 Å². The lowest BCUT2D eigenvalue weighted by atomic mass is 9.80. The van der Waals surface area contributed by atoms with Gasteiger partial charge in [-0.3, -0.25) is 4.79 Å². The van der Waals surface area contributed by atoms with E-state index in [9.17, 15) is 4.79 Å². The average Bonchev–Trinajstić information content (AvgIpc) is 2.03. The van der Waals surface area contributed by atoms with Crippen molar-refractivity contribution < 1.29 is 4.79 Å². The molecule has 0 aromatic rings. The summed E-state index contributed by atoms with van der Waals surface area (Å²) in [7, 11) is 0. The van der Waals surface area contributed by atoms with Crippen LogP contribution in [-0.4, -0.2) is 11.8 Å². The highest BCUT2D eigenvalue weighted by Crippen LogP contribution is 2.28. The van der Waals surface area contributed by atoms with E-state index in [-0.39, 0.29) is 17.2 Å². The Kier molecular flexibility index (Phi) is 6.01. The Morgan fingerprint density at radius 2 is 1.93 bits per heavy atom. The van der Waals surface area contributed by atoms with E-state index < -0.39 is 0 Å². The molecule has 1 unspecified atom stereocenters. The number of carbonyl (C=O) groups excluding carboxylic acids is 1. The molecule has 2 heteroatoms. The number of nitrogens with two attached hydrogens (primary N) is 1. The molecule has 0 aliphatic heterocycles. The van der Waals surface area contributed by atoms with Crippen molar-refractivity contribution in [2.75, 3.05) is 0 Å². The Balaban J connectivity index is 3.87. The molecule has 0 aliphatic carbocycles. The fraction of sp³-hybridized carbons (Fsp3) is 0.917. The number of ketones is 1. The number of hydrogen-bond donors (Lipinski definition) is 1. The Morgan fingerprint density at radius 3 is 2.36 bits per heavy atom. The zero-order chi connectivity index (χ0) is 11.2. The maximum atomic E-state index is 11.0. The van der Waals surface area contributed by atoms with Crippen LogP contribution in [0.4, 0.5) is 0 Å². The predicted octanol–water partition coefficient (Wildman–Crippen LogP) is 2.90. The Hall–Kier alpha value is -0.370.